The Balaban J connectivity index is 1.37. The fraction of sp³-hybridized carbons (Fsp3) is 0. The lowest BCUT2D eigenvalue weighted by Crippen LogP contribution is -2.30. The van der Waals surface area contributed by atoms with Crippen LogP contribution in [0, 0.1) is 0 Å². The van der Waals surface area contributed by atoms with Gasteiger partial charge in [0.05, 0.1) is 11.0 Å². The molecule has 190 valence electrons. The van der Waals surface area contributed by atoms with E-state index in [1.165, 1.54) is 0 Å². The number of fused-ring (bicyclic) bond motifs is 3. The molecule has 6 nitrogen and oxygen atoms in total. The van der Waals surface area contributed by atoms with Gasteiger partial charge in [0.2, 0.25) is 0 Å². The Hall–Kier alpha value is -5.11. The molecule has 7 heteroatoms. The molecule has 5 aromatic carbocycles. The maximum absolute atomic E-state index is 10.1. The molecule has 0 saturated carbocycles. The minimum atomic E-state index is -1.56. The zero-order chi connectivity index (χ0) is 27.1. The van der Waals surface area contributed by atoms with E-state index < -0.39 is 7.12 Å². The molecule has 40 heavy (non-hydrogen) atoms. The standard InChI is InChI=1S/C33H23BN4O2/c39-34(40)27-15-9-17-29-30(27)26-14-7-8-16-28(26)38(29)25-20-18-24(19-21-25)33-36-31(22-10-3-1-4-11-22)35-32(37-33)23-12-5-2-6-13-23/h1-21,39-40H. The van der Waals surface area contributed by atoms with Crippen LogP contribution in [0.2, 0.25) is 0 Å². The van der Waals surface area contributed by atoms with Crippen molar-refractivity contribution in [2.45, 2.75) is 0 Å². The molecule has 2 aromatic heterocycles. The smallest absolute Gasteiger partial charge is 0.423 e. The molecule has 0 aliphatic rings. The van der Waals surface area contributed by atoms with E-state index in [-0.39, 0.29) is 0 Å². The Morgan fingerprint density at radius 1 is 0.475 bits per heavy atom. The van der Waals surface area contributed by atoms with Crippen LogP contribution in [0.3, 0.4) is 0 Å². The Labute approximate surface area is 231 Å². The molecule has 0 aliphatic heterocycles. The van der Waals surface area contributed by atoms with E-state index in [9.17, 15) is 10.0 Å². The van der Waals surface area contributed by atoms with Crippen LogP contribution in [0.15, 0.2) is 127 Å². The predicted molar refractivity (Wildman–Crippen MR) is 160 cm³/mol. The highest BCUT2D eigenvalue weighted by Crippen LogP contribution is 2.32. The lowest BCUT2D eigenvalue weighted by atomic mass is 9.77. The van der Waals surface area contributed by atoms with Gasteiger partial charge in [-0.25, -0.2) is 15.0 Å². The summed E-state index contributed by atoms with van der Waals surface area (Å²) in [4.78, 5) is 14.5. The van der Waals surface area contributed by atoms with Crippen LogP contribution >= 0.6 is 0 Å². The molecule has 0 fully saturated rings. The van der Waals surface area contributed by atoms with Crippen LogP contribution in [0.1, 0.15) is 0 Å². The number of nitrogens with zero attached hydrogens (tertiary/aromatic N) is 4. The molecule has 0 saturated heterocycles. The molecule has 0 radical (unpaired) electrons. The fourth-order valence-corrected chi connectivity index (χ4v) is 5.24. The van der Waals surface area contributed by atoms with Crippen molar-refractivity contribution in [1.82, 2.24) is 19.5 Å². The van der Waals surface area contributed by atoms with Gasteiger partial charge < -0.3 is 14.6 Å². The summed E-state index contributed by atoms with van der Waals surface area (Å²) in [5.74, 6) is 1.82. The normalized spacial score (nSPS) is 11.2. The van der Waals surface area contributed by atoms with Crippen LogP contribution in [-0.4, -0.2) is 36.7 Å². The highest BCUT2D eigenvalue weighted by Gasteiger charge is 2.21. The highest BCUT2D eigenvalue weighted by atomic mass is 16.4. The van der Waals surface area contributed by atoms with E-state index in [0.717, 1.165) is 44.2 Å². The summed E-state index contributed by atoms with van der Waals surface area (Å²) in [5.41, 5.74) is 6.02. The first-order valence-electron chi connectivity index (χ1n) is 13.0. The average molecular weight is 518 g/mol. The summed E-state index contributed by atoms with van der Waals surface area (Å²) in [6.45, 7) is 0. The zero-order valence-electron chi connectivity index (χ0n) is 21.4. The van der Waals surface area contributed by atoms with Gasteiger partial charge in [0, 0.05) is 33.2 Å². The monoisotopic (exact) mass is 518 g/mol. The maximum atomic E-state index is 10.1. The van der Waals surface area contributed by atoms with Gasteiger partial charge in [0.25, 0.3) is 0 Å². The fourth-order valence-electron chi connectivity index (χ4n) is 5.24. The van der Waals surface area contributed by atoms with Gasteiger partial charge in [-0.15, -0.1) is 0 Å². The summed E-state index contributed by atoms with van der Waals surface area (Å²) in [7, 11) is -1.56. The van der Waals surface area contributed by atoms with Crippen LogP contribution in [0.4, 0.5) is 0 Å². The van der Waals surface area contributed by atoms with Crippen molar-refractivity contribution in [2.75, 3.05) is 0 Å². The topological polar surface area (TPSA) is 84.1 Å². The summed E-state index contributed by atoms with van der Waals surface area (Å²) < 4.78 is 2.14. The van der Waals surface area contributed by atoms with E-state index in [1.807, 2.05) is 121 Å². The van der Waals surface area contributed by atoms with E-state index in [2.05, 4.69) is 4.57 Å². The van der Waals surface area contributed by atoms with Gasteiger partial charge in [0.15, 0.2) is 17.5 Å². The summed E-state index contributed by atoms with van der Waals surface area (Å²) >= 11 is 0. The van der Waals surface area contributed by atoms with Gasteiger partial charge in [0.1, 0.15) is 0 Å². The molecular formula is C33H23BN4O2. The maximum Gasteiger partial charge on any atom is 0.489 e. The second kappa shape index (κ2) is 9.89. The SMILES string of the molecule is OB(O)c1cccc2c1c1ccccc1n2-c1ccc(-c2nc(-c3ccccc3)nc(-c3ccccc3)n2)cc1. The molecule has 7 rings (SSSR count). The third kappa shape index (κ3) is 4.14. The average Bonchev–Trinajstić information content (AvgIpc) is 3.36. The Morgan fingerprint density at radius 3 is 1.55 bits per heavy atom. The second-order valence-corrected chi connectivity index (χ2v) is 9.55. The van der Waals surface area contributed by atoms with Crippen LogP contribution < -0.4 is 5.46 Å². The molecule has 0 aliphatic carbocycles. The highest BCUT2D eigenvalue weighted by molar-refractivity contribution is 6.63. The number of benzene rings is 5. The third-order valence-corrected chi connectivity index (χ3v) is 7.09. The molecule has 0 atom stereocenters. The number of para-hydroxylation sites is 1. The Morgan fingerprint density at radius 2 is 0.975 bits per heavy atom. The molecular weight excluding hydrogens is 495 g/mol. The minimum absolute atomic E-state index is 0.483. The minimum Gasteiger partial charge on any atom is -0.423 e. The van der Waals surface area contributed by atoms with Gasteiger partial charge in [-0.1, -0.05) is 91.0 Å². The summed E-state index contributed by atoms with van der Waals surface area (Å²) in [6.07, 6.45) is 0. The first kappa shape index (κ1) is 24.0. The Kier molecular flexibility index (Phi) is 5.93. The quantitative estimate of drug-likeness (QED) is 0.288. The second-order valence-electron chi connectivity index (χ2n) is 9.55. The number of hydrogen-bond donors (Lipinski definition) is 2. The number of rotatable bonds is 5. The van der Waals surface area contributed by atoms with Crippen molar-refractivity contribution < 1.29 is 10.0 Å². The first-order chi connectivity index (χ1) is 19.7. The number of aromatic nitrogens is 4. The van der Waals surface area contributed by atoms with Crippen molar-refractivity contribution in [3.63, 3.8) is 0 Å². The van der Waals surface area contributed by atoms with Crippen molar-refractivity contribution in [3.8, 4) is 39.9 Å². The van der Waals surface area contributed by atoms with Crippen molar-refractivity contribution >= 4 is 34.4 Å². The third-order valence-electron chi connectivity index (χ3n) is 7.09. The van der Waals surface area contributed by atoms with E-state index in [0.29, 0.717) is 22.9 Å². The van der Waals surface area contributed by atoms with E-state index in [4.69, 9.17) is 15.0 Å². The van der Waals surface area contributed by atoms with Gasteiger partial charge in [-0.2, -0.15) is 0 Å². The molecule has 7 aromatic rings. The van der Waals surface area contributed by atoms with E-state index in [1.54, 1.807) is 6.07 Å². The summed E-state index contributed by atoms with van der Waals surface area (Å²) in [6, 6.07) is 41.5. The molecule has 0 amide bonds. The summed E-state index contributed by atoms with van der Waals surface area (Å²) in [5, 5.41) is 21.9. The van der Waals surface area contributed by atoms with Crippen LogP contribution in [0.25, 0.3) is 61.7 Å². The lowest BCUT2D eigenvalue weighted by molar-refractivity contribution is 0.426. The molecule has 2 heterocycles. The van der Waals surface area contributed by atoms with Crippen LogP contribution in [0.5, 0.6) is 0 Å². The predicted octanol–water partition coefficient (Wildman–Crippen LogP) is 5.65. The van der Waals surface area contributed by atoms with Gasteiger partial charge in [-0.05, 0) is 41.9 Å². The zero-order valence-corrected chi connectivity index (χ0v) is 21.4. The Bertz CT molecular complexity index is 1910. The first-order valence-corrected chi connectivity index (χ1v) is 13.0. The van der Waals surface area contributed by atoms with Gasteiger partial charge >= 0.3 is 7.12 Å². The molecule has 2 N–H and O–H groups in total. The van der Waals surface area contributed by atoms with Crippen molar-refractivity contribution in [2.24, 2.45) is 0 Å². The van der Waals surface area contributed by atoms with Gasteiger partial charge in [-0.3, -0.25) is 0 Å². The van der Waals surface area contributed by atoms with Crippen LogP contribution in [-0.2, 0) is 0 Å². The lowest BCUT2D eigenvalue weighted by Gasteiger charge is -2.11. The molecule has 0 bridgehead atoms. The van der Waals surface area contributed by atoms with Crippen molar-refractivity contribution in [3.05, 3.63) is 127 Å². The molecule has 0 spiro atoms. The van der Waals surface area contributed by atoms with E-state index >= 15 is 0 Å². The van der Waals surface area contributed by atoms with Crippen molar-refractivity contribution in [1.29, 1.82) is 0 Å². The number of hydrogen-bond acceptors (Lipinski definition) is 5. The molecule has 0 unspecified atom stereocenters. The largest absolute Gasteiger partial charge is 0.489 e.